The first-order valence-corrected chi connectivity index (χ1v) is 8.14. The Balaban J connectivity index is 2.15. The minimum atomic E-state index is -0.340. The van der Waals surface area contributed by atoms with Gasteiger partial charge in [-0.05, 0) is 42.5 Å². The molecule has 0 saturated heterocycles. The summed E-state index contributed by atoms with van der Waals surface area (Å²) in [7, 11) is 0. The Labute approximate surface area is 140 Å². The molecule has 3 nitrogen and oxygen atoms in total. The second kappa shape index (κ2) is 7.67. The molecule has 1 aromatic carbocycles. The van der Waals surface area contributed by atoms with Gasteiger partial charge in [-0.1, -0.05) is 49.0 Å². The highest BCUT2D eigenvalue weighted by Gasteiger charge is 2.24. The molecule has 0 heterocycles. The number of rotatable bonds is 3. The molecule has 116 valence electrons. The number of hydrogen-bond acceptors (Lipinski definition) is 2. The van der Waals surface area contributed by atoms with Crippen molar-refractivity contribution in [2.75, 3.05) is 0 Å². The quantitative estimate of drug-likeness (QED) is 0.648. The molecule has 0 bridgehead atoms. The molecule has 0 aromatic heterocycles. The number of nitriles is 1. The second-order valence-corrected chi connectivity index (χ2v) is 6.52. The minimum Gasteiger partial charge on any atom is -0.348 e. The molecule has 1 saturated carbocycles. The number of amides is 1. The van der Waals surface area contributed by atoms with Crippen LogP contribution in [0.4, 0.5) is 0 Å². The average molecular weight is 337 g/mol. The molecule has 0 spiro atoms. The van der Waals surface area contributed by atoms with Crippen molar-refractivity contribution in [2.45, 2.75) is 38.6 Å². The molecule has 0 unspecified atom stereocenters. The number of benzene rings is 1. The minimum absolute atomic E-state index is 0.0574. The van der Waals surface area contributed by atoms with Crippen molar-refractivity contribution < 1.29 is 4.79 Å². The number of nitrogens with zero attached hydrogens (tertiary/aromatic N) is 1. The van der Waals surface area contributed by atoms with Crippen LogP contribution in [0, 0.1) is 17.2 Å². The molecule has 1 N–H and O–H groups in total. The maximum Gasteiger partial charge on any atom is 0.262 e. The van der Waals surface area contributed by atoms with Gasteiger partial charge < -0.3 is 5.32 Å². The Morgan fingerprint density at radius 3 is 2.73 bits per heavy atom. The highest BCUT2D eigenvalue weighted by Crippen LogP contribution is 2.25. The van der Waals surface area contributed by atoms with Crippen molar-refractivity contribution in [3.05, 3.63) is 39.4 Å². The Morgan fingerprint density at radius 1 is 1.36 bits per heavy atom. The molecule has 2 atom stereocenters. The maximum atomic E-state index is 12.3. The van der Waals surface area contributed by atoms with E-state index in [9.17, 15) is 10.1 Å². The Bertz CT molecular complexity index is 634. The molecule has 2 rings (SSSR count). The first-order chi connectivity index (χ1) is 10.5. The Morgan fingerprint density at radius 2 is 2.09 bits per heavy atom. The number of nitrogens with one attached hydrogen (secondary N) is 1. The van der Waals surface area contributed by atoms with E-state index in [0.29, 0.717) is 21.5 Å². The third kappa shape index (κ3) is 4.25. The van der Waals surface area contributed by atoms with Crippen molar-refractivity contribution in [2.24, 2.45) is 5.92 Å². The van der Waals surface area contributed by atoms with Gasteiger partial charge in [0, 0.05) is 16.1 Å². The normalized spacial score (nSPS) is 22.0. The molecular formula is C17H18Cl2N2O. The zero-order chi connectivity index (χ0) is 16.1. The fraction of sp³-hybridized carbons (Fsp3) is 0.412. The highest BCUT2D eigenvalue weighted by atomic mass is 35.5. The molecule has 0 aliphatic heterocycles. The third-order valence-electron chi connectivity index (χ3n) is 4.06. The number of halogens is 2. The van der Waals surface area contributed by atoms with E-state index >= 15 is 0 Å². The monoisotopic (exact) mass is 336 g/mol. The van der Waals surface area contributed by atoms with Gasteiger partial charge in [-0.15, -0.1) is 0 Å². The number of hydrogen-bond donors (Lipinski definition) is 1. The van der Waals surface area contributed by atoms with Gasteiger partial charge in [0.05, 0.1) is 0 Å². The summed E-state index contributed by atoms with van der Waals surface area (Å²) in [5, 5.41) is 13.2. The van der Waals surface area contributed by atoms with Gasteiger partial charge in [0.25, 0.3) is 5.91 Å². The highest BCUT2D eigenvalue weighted by molar-refractivity contribution is 6.35. The van der Waals surface area contributed by atoms with Crippen LogP contribution in [0.15, 0.2) is 23.8 Å². The van der Waals surface area contributed by atoms with E-state index in [-0.39, 0.29) is 17.5 Å². The smallest absolute Gasteiger partial charge is 0.262 e. The third-order valence-corrected chi connectivity index (χ3v) is 4.62. The summed E-state index contributed by atoms with van der Waals surface area (Å²) >= 11 is 11.9. The summed E-state index contributed by atoms with van der Waals surface area (Å²) in [5.74, 6) is 0.101. The van der Waals surface area contributed by atoms with E-state index in [4.69, 9.17) is 23.2 Å². The molecule has 1 aliphatic carbocycles. The van der Waals surface area contributed by atoms with Gasteiger partial charge >= 0.3 is 0 Å². The van der Waals surface area contributed by atoms with Crippen LogP contribution in [0.25, 0.3) is 6.08 Å². The van der Waals surface area contributed by atoms with Crippen molar-refractivity contribution in [1.29, 1.82) is 5.26 Å². The zero-order valence-corrected chi connectivity index (χ0v) is 13.9. The first-order valence-electron chi connectivity index (χ1n) is 7.39. The van der Waals surface area contributed by atoms with Gasteiger partial charge in [0.15, 0.2) is 0 Å². The van der Waals surface area contributed by atoms with Crippen LogP contribution in [0.5, 0.6) is 0 Å². The van der Waals surface area contributed by atoms with E-state index in [1.807, 2.05) is 6.07 Å². The average Bonchev–Trinajstić information content (AvgIpc) is 2.49. The van der Waals surface area contributed by atoms with Gasteiger partial charge in [-0.2, -0.15) is 5.26 Å². The maximum absolute atomic E-state index is 12.3. The molecule has 1 amide bonds. The van der Waals surface area contributed by atoms with Gasteiger partial charge in [-0.25, -0.2) is 0 Å². The molecule has 1 aliphatic rings. The van der Waals surface area contributed by atoms with Crippen molar-refractivity contribution >= 4 is 35.2 Å². The van der Waals surface area contributed by atoms with Crippen LogP contribution < -0.4 is 5.32 Å². The van der Waals surface area contributed by atoms with E-state index in [1.54, 1.807) is 18.2 Å². The van der Waals surface area contributed by atoms with E-state index in [0.717, 1.165) is 19.3 Å². The lowest BCUT2D eigenvalue weighted by molar-refractivity contribution is -0.118. The molecule has 22 heavy (non-hydrogen) atoms. The van der Waals surface area contributed by atoms with Crippen LogP contribution in [-0.4, -0.2) is 11.9 Å². The van der Waals surface area contributed by atoms with Gasteiger partial charge in [0.2, 0.25) is 0 Å². The molecule has 1 aromatic rings. The number of carbonyl (C=O) groups is 1. The Kier molecular flexibility index (Phi) is 5.88. The molecule has 1 fully saturated rings. The van der Waals surface area contributed by atoms with E-state index in [2.05, 4.69) is 12.2 Å². The predicted molar refractivity (Wildman–Crippen MR) is 89.6 cm³/mol. The van der Waals surface area contributed by atoms with Crippen LogP contribution in [0.2, 0.25) is 10.0 Å². The SMILES string of the molecule is C[C@@H]1CCCC[C@@H]1NC(=O)/C(C#N)=C\c1ccc(Cl)cc1Cl. The summed E-state index contributed by atoms with van der Waals surface area (Å²) in [5.41, 5.74) is 0.663. The second-order valence-electron chi connectivity index (χ2n) is 5.68. The summed E-state index contributed by atoms with van der Waals surface area (Å²) in [6.07, 6.45) is 5.90. The predicted octanol–water partition coefficient (Wildman–Crippen LogP) is 4.60. The molecular weight excluding hydrogens is 319 g/mol. The lowest BCUT2D eigenvalue weighted by Crippen LogP contribution is -2.41. The summed E-state index contributed by atoms with van der Waals surface area (Å²) < 4.78 is 0. The molecule has 0 radical (unpaired) electrons. The first kappa shape index (κ1) is 16.9. The lowest BCUT2D eigenvalue weighted by atomic mass is 9.86. The summed E-state index contributed by atoms with van der Waals surface area (Å²) in [4.78, 5) is 12.3. The fourth-order valence-electron chi connectivity index (χ4n) is 2.70. The van der Waals surface area contributed by atoms with Gasteiger partial charge in [-0.3, -0.25) is 4.79 Å². The summed E-state index contributed by atoms with van der Waals surface area (Å²) in [6.45, 7) is 2.13. The van der Waals surface area contributed by atoms with E-state index in [1.165, 1.54) is 12.5 Å². The fourth-order valence-corrected chi connectivity index (χ4v) is 3.16. The van der Waals surface area contributed by atoms with Crippen LogP contribution in [0.1, 0.15) is 38.2 Å². The molecule has 5 heteroatoms. The van der Waals surface area contributed by atoms with Crippen LogP contribution in [-0.2, 0) is 4.79 Å². The van der Waals surface area contributed by atoms with E-state index < -0.39 is 0 Å². The van der Waals surface area contributed by atoms with Crippen molar-refractivity contribution in [1.82, 2.24) is 5.32 Å². The largest absolute Gasteiger partial charge is 0.348 e. The summed E-state index contributed by atoms with van der Waals surface area (Å²) in [6, 6.07) is 7.05. The number of carbonyl (C=O) groups excluding carboxylic acids is 1. The lowest BCUT2D eigenvalue weighted by Gasteiger charge is -2.29. The zero-order valence-electron chi connectivity index (χ0n) is 12.4. The Hall–Kier alpha value is -1.50. The van der Waals surface area contributed by atoms with Crippen LogP contribution >= 0.6 is 23.2 Å². The van der Waals surface area contributed by atoms with Gasteiger partial charge in [0.1, 0.15) is 11.6 Å². The van der Waals surface area contributed by atoms with Crippen molar-refractivity contribution in [3.63, 3.8) is 0 Å². The topological polar surface area (TPSA) is 52.9 Å². The van der Waals surface area contributed by atoms with Crippen LogP contribution in [0.3, 0.4) is 0 Å². The standard InChI is InChI=1S/C17H18Cl2N2O/c1-11-4-2-3-5-16(11)21-17(22)13(10-20)8-12-6-7-14(18)9-15(12)19/h6-9,11,16H,2-5H2,1H3,(H,21,22)/b13-8-/t11-,16+/m1/s1. The van der Waals surface area contributed by atoms with Crippen molar-refractivity contribution in [3.8, 4) is 6.07 Å².